The van der Waals surface area contributed by atoms with E-state index < -0.39 is 23.5 Å². The first kappa shape index (κ1) is 20.5. The minimum Gasteiger partial charge on any atom is -0.507 e. The molecule has 29 heavy (non-hydrogen) atoms. The molecular weight excluding hydrogens is 377 g/mol. The number of halogens is 1. The molecule has 1 aliphatic heterocycles. The van der Waals surface area contributed by atoms with Gasteiger partial charge in [-0.25, -0.2) is 4.39 Å². The van der Waals surface area contributed by atoms with Gasteiger partial charge in [0, 0.05) is 19.2 Å². The van der Waals surface area contributed by atoms with E-state index in [1.54, 1.807) is 25.1 Å². The van der Waals surface area contributed by atoms with Crippen LogP contribution >= 0.6 is 0 Å². The Hall–Kier alpha value is -3.19. The van der Waals surface area contributed by atoms with Gasteiger partial charge in [-0.3, -0.25) is 9.59 Å². The van der Waals surface area contributed by atoms with Crippen LogP contribution in [0.15, 0.2) is 48.0 Å². The zero-order chi connectivity index (χ0) is 21.1. The van der Waals surface area contributed by atoms with Crippen LogP contribution in [0.5, 0.6) is 5.75 Å². The first-order valence-corrected chi connectivity index (χ1v) is 9.06. The van der Waals surface area contributed by atoms with Crippen molar-refractivity contribution in [3.63, 3.8) is 0 Å². The molecule has 152 valence electrons. The maximum atomic E-state index is 13.4. The number of aryl methyl sites for hydroxylation is 1. The fourth-order valence-electron chi connectivity index (χ4n) is 3.47. The van der Waals surface area contributed by atoms with Gasteiger partial charge < -0.3 is 19.5 Å². The number of hydrogen-bond acceptors (Lipinski definition) is 5. The summed E-state index contributed by atoms with van der Waals surface area (Å²) in [5.41, 5.74) is 1.59. The van der Waals surface area contributed by atoms with Crippen molar-refractivity contribution in [3.05, 3.63) is 70.5 Å². The second kappa shape index (κ2) is 8.45. The van der Waals surface area contributed by atoms with Gasteiger partial charge in [-0.15, -0.1) is 0 Å². The van der Waals surface area contributed by atoms with Gasteiger partial charge in [-0.1, -0.05) is 12.1 Å². The van der Waals surface area contributed by atoms with Crippen LogP contribution in [-0.2, 0) is 14.3 Å². The van der Waals surface area contributed by atoms with Gasteiger partial charge in [0.1, 0.15) is 17.3 Å². The smallest absolute Gasteiger partial charge is 0.295 e. The van der Waals surface area contributed by atoms with Crippen molar-refractivity contribution in [2.75, 3.05) is 27.4 Å². The molecule has 1 N–H and O–H groups in total. The lowest BCUT2D eigenvalue weighted by atomic mass is 9.94. The molecule has 0 radical (unpaired) electrons. The zero-order valence-electron chi connectivity index (χ0n) is 16.4. The Morgan fingerprint density at radius 3 is 2.41 bits per heavy atom. The van der Waals surface area contributed by atoms with E-state index in [1.165, 1.54) is 43.4 Å². The van der Waals surface area contributed by atoms with E-state index in [9.17, 15) is 19.1 Å². The Labute approximate surface area is 168 Å². The molecule has 0 saturated carbocycles. The van der Waals surface area contributed by atoms with E-state index in [1.807, 2.05) is 0 Å². The van der Waals surface area contributed by atoms with Crippen LogP contribution in [0.2, 0.25) is 0 Å². The highest BCUT2D eigenvalue weighted by atomic mass is 19.1. The topological polar surface area (TPSA) is 76.1 Å². The third-order valence-corrected chi connectivity index (χ3v) is 4.95. The van der Waals surface area contributed by atoms with Gasteiger partial charge in [0.05, 0.1) is 25.3 Å². The van der Waals surface area contributed by atoms with E-state index >= 15 is 0 Å². The molecule has 1 unspecified atom stereocenters. The summed E-state index contributed by atoms with van der Waals surface area (Å²) in [5.74, 6) is -1.63. The standard InChI is InChI=1S/C22H22FNO5/c1-13-12-16(29-3)8-9-17(13)20(25)18-19(14-4-6-15(23)7-5-14)24(10-11-28-2)22(27)21(18)26/h4-9,12,19,25H,10-11H2,1-3H3/b20-18+. The fourth-order valence-corrected chi connectivity index (χ4v) is 3.47. The molecule has 2 aromatic carbocycles. The number of carbonyl (C=O) groups excluding carboxylic acids is 2. The number of amides is 1. The van der Waals surface area contributed by atoms with E-state index in [4.69, 9.17) is 9.47 Å². The summed E-state index contributed by atoms with van der Waals surface area (Å²) in [6.07, 6.45) is 0. The molecule has 1 amide bonds. The third kappa shape index (κ3) is 3.86. The number of Topliss-reactive ketones (excluding diaryl/α,β-unsaturated/α-hetero) is 1. The van der Waals surface area contributed by atoms with Gasteiger partial charge in [-0.05, 0) is 48.4 Å². The van der Waals surface area contributed by atoms with Crippen LogP contribution in [0.1, 0.15) is 22.7 Å². The molecule has 6 nitrogen and oxygen atoms in total. The van der Waals surface area contributed by atoms with Crippen molar-refractivity contribution in [1.82, 2.24) is 4.90 Å². The van der Waals surface area contributed by atoms with Crippen LogP contribution in [0.25, 0.3) is 5.76 Å². The monoisotopic (exact) mass is 399 g/mol. The highest BCUT2D eigenvalue weighted by Crippen LogP contribution is 2.40. The third-order valence-electron chi connectivity index (χ3n) is 4.95. The lowest BCUT2D eigenvalue weighted by Crippen LogP contribution is -2.32. The molecule has 1 fully saturated rings. The van der Waals surface area contributed by atoms with Crippen LogP contribution in [0.3, 0.4) is 0 Å². The first-order chi connectivity index (χ1) is 13.9. The van der Waals surface area contributed by atoms with Gasteiger partial charge in [-0.2, -0.15) is 0 Å². The molecule has 7 heteroatoms. The summed E-state index contributed by atoms with van der Waals surface area (Å²) >= 11 is 0. The molecule has 0 aromatic heterocycles. The summed E-state index contributed by atoms with van der Waals surface area (Å²) in [5, 5.41) is 11.0. The predicted molar refractivity (Wildman–Crippen MR) is 105 cm³/mol. The molecular formula is C22H22FNO5. The highest BCUT2D eigenvalue weighted by molar-refractivity contribution is 6.46. The second-order valence-corrected chi connectivity index (χ2v) is 6.72. The maximum Gasteiger partial charge on any atom is 0.295 e. The number of ether oxygens (including phenoxy) is 2. The van der Waals surface area contributed by atoms with Gasteiger partial charge in [0.2, 0.25) is 0 Å². The molecule has 3 rings (SSSR count). The Bertz CT molecular complexity index is 968. The Morgan fingerprint density at radius 1 is 1.14 bits per heavy atom. The molecule has 0 spiro atoms. The van der Waals surface area contributed by atoms with Crippen molar-refractivity contribution >= 4 is 17.4 Å². The molecule has 1 atom stereocenters. The van der Waals surface area contributed by atoms with Crippen LogP contribution in [0, 0.1) is 12.7 Å². The van der Waals surface area contributed by atoms with Gasteiger partial charge >= 0.3 is 0 Å². The highest BCUT2D eigenvalue weighted by Gasteiger charge is 2.46. The molecule has 2 aromatic rings. The molecule has 1 heterocycles. The summed E-state index contributed by atoms with van der Waals surface area (Å²) in [7, 11) is 3.02. The van der Waals surface area contributed by atoms with E-state index in [0.717, 1.165) is 0 Å². The van der Waals surface area contributed by atoms with Crippen LogP contribution in [0.4, 0.5) is 4.39 Å². The minimum atomic E-state index is -0.841. The number of nitrogens with zero attached hydrogens (tertiary/aromatic N) is 1. The summed E-state index contributed by atoms with van der Waals surface area (Å²) in [6, 6.07) is 9.69. The molecule has 1 aliphatic rings. The first-order valence-electron chi connectivity index (χ1n) is 9.06. The van der Waals surface area contributed by atoms with E-state index in [2.05, 4.69) is 0 Å². The molecule has 0 aliphatic carbocycles. The second-order valence-electron chi connectivity index (χ2n) is 6.72. The van der Waals surface area contributed by atoms with Crippen molar-refractivity contribution in [2.45, 2.75) is 13.0 Å². The lowest BCUT2D eigenvalue weighted by molar-refractivity contribution is -0.140. The number of carbonyl (C=O) groups is 2. The normalized spacial score (nSPS) is 18.3. The molecule has 1 saturated heterocycles. The number of aliphatic hydroxyl groups excluding tert-OH is 1. The summed E-state index contributed by atoms with van der Waals surface area (Å²) in [6.45, 7) is 2.14. The Kier molecular flexibility index (Phi) is 5.98. The lowest BCUT2D eigenvalue weighted by Gasteiger charge is -2.25. The average molecular weight is 399 g/mol. The summed E-state index contributed by atoms with van der Waals surface area (Å²) < 4.78 is 23.7. The minimum absolute atomic E-state index is 0.0361. The summed E-state index contributed by atoms with van der Waals surface area (Å²) in [4.78, 5) is 26.8. The zero-order valence-corrected chi connectivity index (χ0v) is 16.4. The van der Waals surface area contributed by atoms with Crippen molar-refractivity contribution in [3.8, 4) is 5.75 Å². The number of benzene rings is 2. The quantitative estimate of drug-likeness (QED) is 0.459. The van der Waals surface area contributed by atoms with Crippen molar-refractivity contribution < 1.29 is 28.6 Å². The number of aliphatic hydroxyl groups is 1. The maximum absolute atomic E-state index is 13.4. The fraction of sp³-hybridized carbons (Fsp3) is 0.273. The molecule has 0 bridgehead atoms. The van der Waals surface area contributed by atoms with Crippen molar-refractivity contribution in [2.24, 2.45) is 0 Å². The van der Waals surface area contributed by atoms with E-state index in [-0.39, 0.29) is 24.5 Å². The van der Waals surface area contributed by atoms with Gasteiger partial charge in [0.25, 0.3) is 11.7 Å². The Balaban J connectivity index is 2.17. The predicted octanol–water partition coefficient (Wildman–Crippen LogP) is 3.21. The number of hydrogen-bond donors (Lipinski definition) is 1. The van der Waals surface area contributed by atoms with Gasteiger partial charge in [0.15, 0.2) is 0 Å². The number of rotatable bonds is 6. The van der Waals surface area contributed by atoms with Crippen molar-refractivity contribution in [1.29, 1.82) is 0 Å². The number of methoxy groups -OCH3 is 2. The SMILES string of the molecule is COCCN1C(=O)C(=O)/C(=C(/O)c2ccc(OC)cc2C)C1c1ccc(F)cc1. The average Bonchev–Trinajstić information content (AvgIpc) is 2.96. The van der Waals surface area contributed by atoms with Crippen LogP contribution < -0.4 is 4.74 Å². The number of likely N-dealkylation sites (tertiary alicyclic amines) is 1. The number of ketones is 1. The Morgan fingerprint density at radius 2 is 1.83 bits per heavy atom. The van der Waals surface area contributed by atoms with Crippen LogP contribution in [-0.4, -0.2) is 49.1 Å². The van der Waals surface area contributed by atoms with E-state index in [0.29, 0.717) is 22.4 Å². The largest absolute Gasteiger partial charge is 0.507 e.